The van der Waals surface area contributed by atoms with Gasteiger partial charge in [0, 0.05) is 11.4 Å². The van der Waals surface area contributed by atoms with E-state index in [1.165, 1.54) is 34.2 Å². The number of rotatable bonds is 7. The molecule has 2 rings (SSSR count). The Balaban J connectivity index is 1.93. The van der Waals surface area contributed by atoms with Crippen molar-refractivity contribution in [1.82, 2.24) is 4.90 Å². The minimum Gasteiger partial charge on any atom is -0.480 e. The van der Waals surface area contributed by atoms with Crippen LogP contribution in [0.1, 0.15) is 17.5 Å². The minimum absolute atomic E-state index is 0.178. The highest BCUT2D eigenvalue weighted by Gasteiger charge is 2.16. The number of fused-ring (bicyclic) bond motifs is 1. The molecule has 1 aliphatic carbocycles. The summed E-state index contributed by atoms with van der Waals surface area (Å²) in [4.78, 5) is 25.2. The van der Waals surface area contributed by atoms with E-state index < -0.39 is 5.97 Å². The Labute approximate surface area is 128 Å². The van der Waals surface area contributed by atoms with Gasteiger partial charge in [-0.25, -0.2) is 0 Å². The quantitative estimate of drug-likeness (QED) is 0.620. The zero-order valence-electron chi connectivity index (χ0n) is 11.9. The number of hydrogen-bond acceptors (Lipinski definition) is 3. The number of hydrogen-bond donors (Lipinski definition) is 1. The second kappa shape index (κ2) is 7.31. The molecule has 0 unspecified atom stereocenters. The van der Waals surface area contributed by atoms with Crippen LogP contribution in [0.25, 0.3) is 0 Å². The highest BCUT2D eigenvalue weighted by atomic mass is 32.2. The van der Waals surface area contributed by atoms with Crippen LogP contribution >= 0.6 is 11.8 Å². The Kier molecular flexibility index (Phi) is 5.44. The number of carbonyl (C=O) groups excluding carboxylic acids is 1. The molecule has 1 aromatic carbocycles. The highest BCUT2D eigenvalue weighted by Crippen LogP contribution is 2.27. The maximum atomic E-state index is 12.1. The summed E-state index contributed by atoms with van der Waals surface area (Å²) in [6, 6.07) is 6.32. The predicted octanol–water partition coefficient (Wildman–Crippen LogP) is 2.37. The molecule has 0 saturated heterocycles. The second-order valence-electron chi connectivity index (χ2n) is 5.03. The summed E-state index contributed by atoms with van der Waals surface area (Å²) in [5.74, 6) is -0.935. The number of benzene rings is 1. The summed E-state index contributed by atoms with van der Waals surface area (Å²) in [6.45, 7) is 3.53. The second-order valence-corrected chi connectivity index (χ2v) is 6.08. The molecular weight excluding hydrogens is 286 g/mol. The largest absolute Gasteiger partial charge is 0.480 e. The van der Waals surface area contributed by atoms with Gasteiger partial charge in [0.15, 0.2) is 0 Å². The first-order valence-corrected chi connectivity index (χ1v) is 7.94. The molecule has 0 saturated carbocycles. The van der Waals surface area contributed by atoms with Gasteiger partial charge in [0.25, 0.3) is 0 Å². The lowest BCUT2D eigenvalue weighted by molar-refractivity contribution is -0.143. The first-order chi connectivity index (χ1) is 10.1. The Morgan fingerprint density at radius 1 is 1.33 bits per heavy atom. The molecule has 0 bridgehead atoms. The van der Waals surface area contributed by atoms with Crippen LogP contribution in [-0.2, 0) is 22.4 Å². The average molecular weight is 305 g/mol. The van der Waals surface area contributed by atoms with E-state index >= 15 is 0 Å². The molecule has 0 heterocycles. The molecule has 0 aliphatic heterocycles. The van der Waals surface area contributed by atoms with Crippen LogP contribution < -0.4 is 0 Å². The number of carboxylic acids is 1. The van der Waals surface area contributed by atoms with E-state index in [1.54, 1.807) is 6.08 Å². The maximum absolute atomic E-state index is 12.1. The lowest BCUT2D eigenvalue weighted by atomic mass is 10.1. The molecule has 0 aromatic heterocycles. The van der Waals surface area contributed by atoms with Gasteiger partial charge in [-0.05, 0) is 42.5 Å². The number of carbonyl (C=O) groups is 2. The van der Waals surface area contributed by atoms with Gasteiger partial charge in [-0.3, -0.25) is 9.59 Å². The Morgan fingerprint density at radius 2 is 2.10 bits per heavy atom. The zero-order valence-corrected chi connectivity index (χ0v) is 12.7. The number of aryl methyl sites for hydroxylation is 2. The van der Waals surface area contributed by atoms with Gasteiger partial charge in [0.1, 0.15) is 6.54 Å². The molecule has 0 atom stereocenters. The number of nitrogens with zero attached hydrogens (tertiary/aromatic N) is 1. The molecule has 1 N–H and O–H groups in total. The number of aliphatic carboxylic acids is 1. The molecule has 21 heavy (non-hydrogen) atoms. The Bertz CT molecular complexity index is 556. The van der Waals surface area contributed by atoms with Crippen LogP contribution in [0.2, 0.25) is 0 Å². The molecule has 1 aliphatic rings. The first-order valence-electron chi connectivity index (χ1n) is 6.95. The van der Waals surface area contributed by atoms with Crippen molar-refractivity contribution in [2.75, 3.05) is 18.8 Å². The summed E-state index contributed by atoms with van der Waals surface area (Å²) < 4.78 is 0. The SMILES string of the molecule is C=CCN(CC(=O)O)C(=O)CSc1ccc2c(c1)CCC2. The van der Waals surface area contributed by atoms with E-state index in [2.05, 4.69) is 18.7 Å². The standard InChI is InChI=1S/C16H19NO3S/c1-2-8-17(10-16(19)20)15(18)11-21-14-7-6-12-4-3-5-13(12)9-14/h2,6-7,9H,1,3-5,8,10-11H2,(H,19,20). The fraction of sp³-hybridized carbons (Fsp3) is 0.375. The smallest absolute Gasteiger partial charge is 0.323 e. The summed E-state index contributed by atoms with van der Waals surface area (Å²) in [7, 11) is 0. The topological polar surface area (TPSA) is 57.6 Å². The molecule has 4 nitrogen and oxygen atoms in total. The average Bonchev–Trinajstić information content (AvgIpc) is 2.91. The van der Waals surface area contributed by atoms with Crippen molar-refractivity contribution in [3.8, 4) is 0 Å². The van der Waals surface area contributed by atoms with Gasteiger partial charge in [0.2, 0.25) is 5.91 Å². The van der Waals surface area contributed by atoms with Crippen LogP contribution in [0, 0.1) is 0 Å². The van der Waals surface area contributed by atoms with Gasteiger partial charge in [-0.15, -0.1) is 18.3 Å². The maximum Gasteiger partial charge on any atom is 0.323 e. The highest BCUT2D eigenvalue weighted by molar-refractivity contribution is 8.00. The van der Waals surface area contributed by atoms with Crippen LogP contribution in [0.15, 0.2) is 35.7 Å². The van der Waals surface area contributed by atoms with Gasteiger partial charge in [-0.1, -0.05) is 12.1 Å². The third-order valence-electron chi connectivity index (χ3n) is 3.46. The van der Waals surface area contributed by atoms with E-state index in [0.717, 1.165) is 17.7 Å². The zero-order chi connectivity index (χ0) is 15.2. The molecule has 1 amide bonds. The van der Waals surface area contributed by atoms with E-state index in [-0.39, 0.29) is 24.7 Å². The summed E-state index contributed by atoms with van der Waals surface area (Å²) in [5.41, 5.74) is 2.78. The monoisotopic (exact) mass is 305 g/mol. The van der Waals surface area contributed by atoms with E-state index in [9.17, 15) is 9.59 Å². The third-order valence-corrected chi connectivity index (χ3v) is 4.44. The van der Waals surface area contributed by atoms with Crippen molar-refractivity contribution >= 4 is 23.6 Å². The minimum atomic E-state index is -1.01. The number of thioether (sulfide) groups is 1. The van der Waals surface area contributed by atoms with Crippen LogP contribution in [0.5, 0.6) is 0 Å². The fourth-order valence-corrected chi connectivity index (χ4v) is 3.31. The Morgan fingerprint density at radius 3 is 2.81 bits per heavy atom. The van der Waals surface area contributed by atoms with Crippen molar-refractivity contribution < 1.29 is 14.7 Å². The predicted molar refractivity (Wildman–Crippen MR) is 83.6 cm³/mol. The molecule has 0 fully saturated rings. The lowest BCUT2D eigenvalue weighted by Gasteiger charge is -2.18. The van der Waals surface area contributed by atoms with Gasteiger partial charge >= 0.3 is 5.97 Å². The van der Waals surface area contributed by atoms with E-state index in [1.807, 2.05) is 6.07 Å². The summed E-state index contributed by atoms with van der Waals surface area (Å²) >= 11 is 1.46. The number of amides is 1. The van der Waals surface area contributed by atoms with Crippen LogP contribution in [-0.4, -0.2) is 40.7 Å². The van der Waals surface area contributed by atoms with Crippen molar-refractivity contribution in [3.05, 3.63) is 42.0 Å². The van der Waals surface area contributed by atoms with Crippen LogP contribution in [0.4, 0.5) is 0 Å². The van der Waals surface area contributed by atoms with Gasteiger partial charge in [-0.2, -0.15) is 0 Å². The van der Waals surface area contributed by atoms with Gasteiger partial charge < -0.3 is 10.0 Å². The molecular formula is C16H19NO3S. The summed E-state index contributed by atoms with van der Waals surface area (Å²) in [5, 5.41) is 8.82. The first kappa shape index (κ1) is 15.6. The van der Waals surface area contributed by atoms with Crippen molar-refractivity contribution in [1.29, 1.82) is 0 Å². The van der Waals surface area contributed by atoms with Crippen molar-refractivity contribution in [2.45, 2.75) is 24.2 Å². The Hall–Kier alpha value is -1.75. The van der Waals surface area contributed by atoms with Crippen molar-refractivity contribution in [2.24, 2.45) is 0 Å². The lowest BCUT2D eigenvalue weighted by Crippen LogP contribution is -2.36. The molecule has 0 spiro atoms. The van der Waals surface area contributed by atoms with Crippen LogP contribution in [0.3, 0.4) is 0 Å². The molecule has 1 aromatic rings. The molecule has 112 valence electrons. The summed E-state index contributed by atoms with van der Waals surface area (Å²) in [6.07, 6.45) is 5.00. The normalized spacial score (nSPS) is 12.8. The fourth-order valence-electron chi connectivity index (χ4n) is 2.45. The van der Waals surface area contributed by atoms with E-state index in [0.29, 0.717) is 0 Å². The van der Waals surface area contributed by atoms with E-state index in [4.69, 9.17) is 5.11 Å². The molecule has 5 heteroatoms. The molecule has 0 radical (unpaired) electrons. The third kappa shape index (κ3) is 4.36. The van der Waals surface area contributed by atoms with Gasteiger partial charge in [0.05, 0.1) is 5.75 Å². The van der Waals surface area contributed by atoms with Crippen molar-refractivity contribution in [3.63, 3.8) is 0 Å². The number of carboxylic acid groups (broad SMARTS) is 1.